The fourth-order valence-corrected chi connectivity index (χ4v) is 4.69. The van der Waals surface area contributed by atoms with Crippen molar-refractivity contribution in [3.63, 3.8) is 0 Å². The molecule has 0 aliphatic rings. The first-order valence-corrected chi connectivity index (χ1v) is 11.0. The predicted molar refractivity (Wildman–Crippen MR) is 125 cm³/mol. The van der Waals surface area contributed by atoms with Crippen LogP contribution in [0.25, 0.3) is 5.00 Å². The minimum atomic E-state index is -0.796. The first-order chi connectivity index (χ1) is 15.7. The molecular formula is C24H23FN4O3S. The highest BCUT2D eigenvalue weighted by molar-refractivity contribution is 7.15. The van der Waals surface area contributed by atoms with Crippen LogP contribution in [-0.4, -0.2) is 29.3 Å². The SMILES string of the molecule is CCOC(=O)c1c(-n2c(C)cc(C=NNC(=O)c3ccc(C#N)cc3F)c2C)sc(C)c1C. The Balaban J connectivity index is 1.89. The van der Waals surface area contributed by atoms with Crippen LogP contribution in [0.15, 0.2) is 29.4 Å². The second-order valence-electron chi connectivity index (χ2n) is 7.35. The number of halogens is 1. The van der Waals surface area contributed by atoms with E-state index in [-0.39, 0.29) is 23.7 Å². The molecule has 1 aromatic carbocycles. The normalized spacial score (nSPS) is 10.9. The lowest BCUT2D eigenvalue weighted by Crippen LogP contribution is -2.19. The van der Waals surface area contributed by atoms with Crippen molar-refractivity contribution in [1.82, 2.24) is 9.99 Å². The lowest BCUT2D eigenvalue weighted by Gasteiger charge is -2.10. The first kappa shape index (κ1) is 23.9. The van der Waals surface area contributed by atoms with Gasteiger partial charge in [-0.15, -0.1) is 11.3 Å². The number of ether oxygens (including phenoxy) is 1. The summed E-state index contributed by atoms with van der Waals surface area (Å²) in [5.41, 5.74) is 6.07. The number of nitrogens with one attached hydrogen (secondary N) is 1. The molecule has 9 heteroatoms. The summed E-state index contributed by atoms with van der Waals surface area (Å²) in [6.07, 6.45) is 1.47. The quantitative estimate of drug-likeness (QED) is 0.323. The largest absolute Gasteiger partial charge is 0.462 e. The predicted octanol–water partition coefficient (Wildman–Crippen LogP) is 4.72. The zero-order chi connectivity index (χ0) is 24.3. The Hall–Kier alpha value is -3.77. The number of carbonyl (C=O) groups excluding carboxylic acids is 2. The molecule has 2 aromatic heterocycles. The van der Waals surface area contributed by atoms with Crippen LogP contribution in [0.1, 0.15) is 60.6 Å². The van der Waals surface area contributed by atoms with Crippen LogP contribution >= 0.6 is 11.3 Å². The number of esters is 1. The molecule has 170 valence electrons. The van der Waals surface area contributed by atoms with E-state index in [1.807, 2.05) is 44.4 Å². The van der Waals surface area contributed by atoms with Crippen LogP contribution in [0.4, 0.5) is 4.39 Å². The van der Waals surface area contributed by atoms with Gasteiger partial charge in [0.25, 0.3) is 5.91 Å². The molecule has 0 aliphatic heterocycles. The molecule has 1 amide bonds. The van der Waals surface area contributed by atoms with E-state index in [1.165, 1.54) is 29.7 Å². The number of benzene rings is 1. The lowest BCUT2D eigenvalue weighted by atomic mass is 10.1. The highest BCUT2D eigenvalue weighted by Gasteiger charge is 2.24. The summed E-state index contributed by atoms with van der Waals surface area (Å²) in [6.45, 7) is 9.71. The molecule has 2 heterocycles. The van der Waals surface area contributed by atoms with E-state index in [2.05, 4.69) is 10.5 Å². The Labute approximate surface area is 195 Å². The van der Waals surface area contributed by atoms with Gasteiger partial charge in [-0.3, -0.25) is 4.79 Å². The van der Waals surface area contributed by atoms with E-state index >= 15 is 0 Å². The maximum atomic E-state index is 14.0. The zero-order valence-electron chi connectivity index (χ0n) is 18.9. The number of amides is 1. The van der Waals surface area contributed by atoms with Crippen molar-refractivity contribution in [2.24, 2.45) is 5.10 Å². The highest BCUT2D eigenvalue weighted by atomic mass is 32.1. The summed E-state index contributed by atoms with van der Waals surface area (Å²) in [4.78, 5) is 25.9. The van der Waals surface area contributed by atoms with Crippen LogP contribution < -0.4 is 5.43 Å². The van der Waals surface area contributed by atoms with E-state index in [9.17, 15) is 14.0 Å². The molecule has 0 radical (unpaired) electrons. The van der Waals surface area contributed by atoms with Crippen LogP contribution in [0.2, 0.25) is 0 Å². The Morgan fingerprint density at radius 3 is 2.64 bits per heavy atom. The smallest absolute Gasteiger partial charge is 0.341 e. The zero-order valence-corrected chi connectivity index (χ0v) is 19.8. The van der Waals surface area contributed by atoms with Crippen molar-refractivity contribution in [3.05, 3.63) is 74.2 Å². The molecule has 0 atom stereocenters. The summed E-state index contributed by atoms with van der Waals surface area (Å²) < 4.78 is 21.3. The van der Waals surface area contributed by atoms with Gasteiger partial charge >= 0.3 is 5.97 Å². The van der Waals surface area contributed by atoms with Gasteiger partial charge in [0.2, 0.25) is 0 Å². The molecular weight excluding hydrogens is 443 g/mol. The van der Waals surface area contributed by atoms with Crippen LogP contribution in [-0.2, 0) is 4.74 Å². The van der Waals surface area contributed by atoms with E-state index in [0.717, 1.165) is 38.5 Å². The Morgan fingerprint density at radius 1 is 1.27 bits per heavy atom. The summed E-state index contributed by atoms with van der Waals surface area (Å²) >= 11 is 1.50. The van der Waals surface area contributed by atoms with Gasteiger partial charge in [0.05, 0.1) is 35.6 Å². The first-order valence-electron chi connectivity index (χ1n) is 10.2. The van der Waals surface area contributed by atoms with Gasteiger partial charge < -0.3 is 9.30 Å². The minimum Gasteiger partial charge on any atom is -0.462 e. The molecule has 0 bridgehead atoms. The number of nitrogens with zero attached hydrogens (tertiary/aromatic N) is 3. The standard InChI is InChI=1S/C24H23FN4O3S/c1-6-32-24(31)21-14(3)16(5)33-23(21)29-13(2)9-18(15(29)4)12-27-28-22(30)19-8-7-17(11-26)10-20(19)25/h7-10,12H,6H2,1-5H3,(H,28,30). The third-order valence-electron chi connectivity index (χ3n) is 5.23. The number of aryl methyl sites for hydroxylation is 2. The fraction of sp³-hybridized carbons (Fsp3) is 0.250. The molecule has 0 aliphatic carbocycles. The average Bonchev–Trinajstić information content (AvgIpc) is 3.22. The maximum absolute atomic E-state index is 14.0. The molecule has 7 nitrogen and oxygen atoms in total. The summed E-state index contributed by atoms with van der Waals surface area (Å²) in [5, 5.41) is 13.5. The highest BCUT2D eigenvalue weighted by Crippen LogP contribution is 2.34. The van der Waals surface area contributed by atoms with E-state index in [4.69, 9.17) is 10.00 Å². The summed E-state index contributed by atoms with van der Waals surface area (Å²) in [5.74, 6) is -1.89. The fourth-order valence-electron chi connectivity index (χ4n) is 3.43. The van der Waals surface area contributed by atoms with Gasteiger partial charge in [-0.05, 0) is 64.4 Å². The van der Waals surface area contributed by atoms with Gasteiger partial charge in [0, 0.05) is 21.8 Å². The number of aromatic nitrogens is 1. The minimum absolute atomic E-state index is 0.126. The molecule has 0 saturated carbocycles. The van der Waals surface area contributed by atoms with Gasteiger partial charge in [-0.1, -0.05) is 0 Å². The monoisotopic (exact) mass is 466 g/mol. The number of carbonyl (C=O) groups is 2. The molecule has 0 saturated heterocycles. The average molecular weight is 467 g/mol. The van der Waals surface area contributed by atoms with Crippen LogP contribution in [0.5, 0.6) is 0 Å². The van der Waals surface area contributed by atoms with Gasteiger partial charge in [-0.2, -0.15) is 10.4 Å². The van der Waals surface area contributed by atoms with Crippen molar-refractivity contribution < 1.29 is 18.7 Å². The van der Waals surface area contributed by atoms with E-state index in [1.54, 1.807) is 6.92 Å². The third-order valence-corrected chi connectivity index (χ3v) is 6.42. The number of nitriles is 1. The Kier molecular flexibility index (Phi) is 7.09. The third kappa shape index (κ3) is 4.71. The molecule has 0 spiro atoms. The van der Waals surface area contributed by atoms with Gasteiger partial charge in [0.15, 0.2) is 0 Å². The molecule has 33 heavy (non-hydrogen) atoms. The second-order valence-corrected chi connectivity index (χ2v) is 8.55. The number of hydrogen-bond acceptors (Lipinski definition) is 6. The van der Waals surface area contributed by atoms with Gasteiger partial charge in [-0.25, -0.2) is 14.6 Å². The Morgan fingerprint density at radius 2 is 2.00 bits per heavy atom. The summed E-state index contributed by atoms with van der Waals surface area (Å²) in [6, 6.07) is 7.30. The van der Waals surface area contributed by atoms with E-state index in [0.29, 0.717) is 5.56 Å². The topological polar surface area (TPSA) is 96.5 Å². The Bertz CT molecular complexity index is 1310. The van der Waals surface area contributed by atoms with Crippen molar-refractivity contribution in [2.75, 3.05) is 6.61 Å². The summed E-state index contributed by atoms with van der Waals surface area (Å²) in [7, 11) is 0. The van der Waals surface area contributed by atoms with Crippen LogP contribution in [0, 0.1) is 44.8 Å². The molecule has 3 aromatic rings. The second kappa shape index (κ2) is 9.79. The number of thiophene rings is 1. The van der Waals surface area contributed by atoms with Crippen molar-refractivity contribution >= 4 is 29.4 Å². The van der Waals surface area contributed by atoms with Gasteiger partial charge in [0.1, 0.15) is 10.8 Å². The number of hydrogen-bond donors (Lipinski definition) is 1. The molecule has 0 unspecified atom stereocenters. The molecule has 3 rings (SSSR count). The maximum Gasteiger partial charge on any atom is 0.341 e. The number of rotatable bonds is 6. The van der Waals surface area contributed by atoms with Crippen molar-refractivity contribution in [2.45, 2.75) is 34.6 Å². The molecule has 1 N–H and O–H groups in total. The van der Waals surface area contributed by atoms with Crippen LogP contribution in [0.3, 0.4) is 0 Å². The number of hydrazone groups is 1. The molecule has 0 fully saturated rings. The lowest BCUT2D eigenvalue weighted by molar-refractivity contribution is 0.0526. The van der Waals surface area contributed by atoms with E-state index < -0.39 is 11.7 Å². The van der Waals surface area contributed by atoms with Crippen molar-refractivity contribution in [3.8, 4) is 11.1 Å². The van der Waals surface area contributed by atoms with Crippen molar-refractivity contribution in [1.29, 1.82) is 5.26 Å².